The molecule has 0 spiro atoms. The molecule has 0 aliphatic carbocycles. The molecular weight excluding hydrogens is 336 g/mol. The molecule has 0 saturated heterocycles. The number of nitrogens with zero attached hydrogens (tertiary/aromatic N) is 2. The summed E-state index contributed by atoms with van der Waals surface area (Å²) in [5.74, 6) is 1.74. The molecule has 27 heavy (non-hydrogen) atoms. The average molecular weight is 362 g/mol. The minimum absolute atomic E-state index is 0.821. The van der Waals surface area contributed by atoms with Gasteiger partial charge in [0.25, 0.3) is 0 Å². The Bertz CT molecular complexity index is 765. The van der Waals surface area contributed by atoms with Crippen LogP contribution in [0.15, 0.2) is 94.9 Å². The van der Waals surface area contributed by atoms with Crippen molar-refractivity contribution in [1.29, 1.82) is 0 Å². The summed E-state index contributed by atoms with van der Waals surface area (Å²) in [6.07, 6.45) is 0. The van der Waals surface area contributed by atoms with Crippen LogP contribution in [0.1, 0.15) is 5.56 Å². The molecular formula is C23H26N2O2. The van der Waals surface area contributed by atoms with Crippen LogP contribution < -0.4 is 9.47 Å². The van der Waals surface area contributed by atoms with E-state index in [9.17, 15) is 0 Å². The van der Waals surface area contributed by atoms with Gasteiger partial charge < -0.3 is 9.47 Å². The Morgan fingerprint density at radius 3 is 1.44 bits per heavy atom. The van der Waals surface area contributed by atoms with Crippen LogP contribution in [-0.2, 0) is 0 Å². The Labute approximate surface area is 161 Å². The first-order chi connectivity index (χ1) is 13.2. The molecule has 0 radical (unpaired) electrons. The molecule has 140 valence electrons. The second kappa shape index (κ2) is 13.9. The van der Waals surface area contributed by atoms with Gasteiger partial charge in [-0.1, -0.05) is 54.1 Å². The molecule has 0 bridgehead atoms. The van der Waals surface area contributed by atoms with Crippen molar-refractivity contribution in [3.8, 4) is 11.5 Å². The Balaban J connectivity index is 0.000000214. The van der Waals surface area contributed by atoms with Crippen molar-refractivity contribution >= 4 is 11.7 Å². The number of aryl methyl sites for hydroxylation is 1. The highest BCUT2D eigenvalue weighted by atomic mass is 16.5. The summed E-state index contributed by atoms with van der Waals surface area (Å²) in [5, 5.41) is 0. The van der Waals surface area contributed by atoms with E-state index in [-0.39, 0.29) is 0 Å². The van der Waals surface area contributed by atoms with Gasteiger partial charge >= 0.3 is 0 Å². The maximum Gasteiger partial charge on any atom is 0.119 e. The van der Waals surface area contributed by atoms with E-state index >= 15 is 0 Å². The maximum absolute atomic E-state index is 4.99. The Kier molecular flexibility index (Phi) is 11.1. The molecule has 0 unspecified atom stereocenters. The van der Waals surface area contributed by atoms with Crippen LogP contribution in [0.2, 0.25) is 0 Å². The van der Waals surface area contributed by atoms with Crippen molar-refractivity contribution in [2.45, 2.75) is 6.92 Å². The van der Waals surface area contributed by atoms with Gasteiger partial charge in [-0.25, -0.2) is 4.99 Å². The van der Waals surface area contributed by atoms with Gasteiger partial charge in [-0.05, 0) is 43.3 Å². The van der Waals surface area contributed by atoms with Crippen LogP contribution in [0, 0.1) is 6.92 Å². The van der Waals surface area contributed by atoms with E-state index in [1.165, 1.54) is 5.56 Å². The zero-order chi connectivity index (χ0) is 19.7. The van der Waals surface area contributed by atoms with E-state index in [2.05, 4.69) is 22.9 Å². The van der Waals surface area contributed by atoms with Crippen LogP contribution in [-0.4, -0.2) is 27.3 Å². The fraction of sp³-hybridized carbons (Fsp3) is 0.174. The third kappa shape index (κ3) is 10.3. The highest BCUT2D eigenvalue weighted by molar-refractivity contribution is 5.53. The van der Waals surface area contributed by atoms with E-state index in [0.717, 1.165) is 17.2 Å². The molecule has 0 heterocycles. The third-order valence-electron chi connectivity index (χ3n) is 3.27. The van der Waals surface area contributed by atoms with E-state index in [0.29, 0.717) is 0 Å². The van der Waals surface area contributed by atoms with E-state index in [1.54, 1.807) is 21.3 Å². The second-order valence-corrected chi connectivity index (χ2v) is 5.31. The van der Waals surface area contributed by atoms with Gasteiger partial charge in [0.2, 0.25) is 0 Å². The third-order valence-corrected chi connectivity index (χ3v) is 3.27. The maximum atomic E-state index is 4.99. The predicted molar refractivity (Wildman–Crippen MR) is 113 cm³/mol. The van der Waals surface area contributed by atoms with Crippen LogP contribution in [0.3, 0.4) is 0 Å². The fourth-order valence-electron chi connectivity index (χ4n) is 1.82. The first-order valence-electron chi connectivity index (χ1n) is 8.49. The number of benzene rings is 3. The lowest BCUT2D eigenvalue weighted by Gasteiger charge is -1.97. The van der Waals surface area contributed by atoms with Gasteiger partial charge in [0.05, 0.1) is 25.9 Å². The van der Waals surface area contributed by atoms with Crippen molar-refractivity contribution < 1.29 is 9.47 Å². The summed E-state index contributed by atoms with van der Waals surface area (Å²) in [7, 11) is 4.93. The van der Waals surface area contributed by atoms with Gasteiger partial charge in [0.1, 0.15) is 11.5 Å². The van der Waals surface area contributed by atoms with Crippen LogP contribution in [0.5, 0.6) is 11.5 Å². The predicted octanol–water partition coefficient (Wildman–Crippen LogP) is 5.82. The van der Waals surface area contributed by atoms with Crippen molar-refractivity contribution in [3.63, 3.8) is 0 Å². The zero-order valence-corrected chi connectivity index (χ0v) is 16.3. The molecule has 3 rings (SSSR count). The molecule has 0 N–H and O–H groups in total. The quantitative estimate of drug-likeness (QED) is 0.551. The van der Waals surface area contributed by atoms with E-state index < -0.39 is 0 Å². The molecule has 0 saturated carbocycles. The number of aliphatic imine (C=N–C) groups is 2. The lowest BCUT2D eigenvalue weighted by molar-refractivity contribution is 0.414. The van der Waals surface area contributed by atoms with Crippen molar-refractivity contribution in [2.75, 3.05) is 21.3 Å². The number of ether oxygens (including phenoxy) is 2. The Morgan fingerprint density at radius 1 is 0.667 bits per heavy atom. The van der Waals surface area contributed by atoms with Gasteiger partial charge in [-0.2, -0.15) is 4.99 Å². The summed E-state index contributed by atoms with van der Waals surface area (Å²) in [6.45, 7) is 2.06. The summed E-state index contributed by atoms with van der Waals surface area (Å²) in [4.78, 5) is 7.55. The summed E-state index contributed by atoms with van der Waals surface area (Å²) in [6, 6.07) is 29.8. The molecule has 0 aromatic heterocycles. The molecule has 0 atom stereocenters. The van der Waals surface area contributed by atoms with Crippen molar-refractivity contribution in [1.82, 2.24) is 0 Å². The first kappa shape index (κ1) is 21.7. The van der Waals surface area contributed by atoms with Crippen molar-refractivity contribution in [3.05, 3.63) is 90.5 Å². The Morgan fingerprint density at radius 2 is 1.07 bits per heavy atom. The second-order valence-electron chi connectivity index (χ2n) is 5.31. The standard InChI is InChI=1S/C9H10N2O.C8H10O.C6H6/c1-10-7-11-8-3-5-9(12-2)6-4-8;1-7-3-5-8(9-2)6-4-7;1-2-4-6-5-3-1/h3-6H,1-2H3;3-6H,1-2H3;1-6H. The molecule has 0 amide bonds. The molecule has 0 aliphatic rings. The number of hydrogen-bond acceptors (Lipinski definition) is 4. The molecule has 0 aliphatic heterocycles. The SMILES string of the molecule is CN=C=Nc1ccc(OC)cc1.COc1ccc(C)cc1.c1ccccc1. The van der Waals surface area contributed by atoms with Gasteiger partial charge in [0, 0.05) is 7.05 Å². The number of rotatable bonds is 3. The molecule has 4 heteroatoms. The minimum atomic E-state index is 0.821. The van der Waals surface area contributed by atoms with Crippen LogP contribution in [0.25, 0.3) is 0 Å². The average Bonchev–Trinajstić information content (AvgIpc) is 2.75. The van der Waals surface area contributed by atoms with Gasteiger partial charge in [-0.15, -0.1) is 0 Å². The van der Waals surface area contributed by atoms with Crippen LogP contribution in [0.4, 0.5) is 5.69 Å². The highest BCUT2D eigenvalue weighted by Crippen LogP contribution is 2.16. The van der Waals surface area contributed by atoms with Gasteiger partial charge in [0.15, 0.2) is 0 Å². The summed E-state index contributed by atoms with van der Waals surface area (Å²) < 4.78 is 9.96. The van der Waals surface area contributed by atoms with E-state index in [4.69, 9.17) is 9.47 Å². The molecule has 0 fully saturated rings. The number of methoxy groups -OCH3 is 2. The van der Waals surface area contributed by atoms with Crippen molar-refractivity contribution in [2.24, 2.45) is 9.98 Å². The first-order valence-corrected chi connectivity index (χ1v) is 8.49. The highest BCUT2D eigenvalue weighted by Gasteiger charge is 1.89. The lowest BCUT2D eigenvalue weighted by Crippen LogP contribution is -1.80. The van der Waals surface area contributed by atoms with Crippen LogP contribution >= 0.6 is 0 Å². The fourth-order valence-corrected chi connectivity index (χ4v) is 1.82. The lowest BCUT2D eigenvalue weighted by atomic mass is 10.2. The molecule has 4 nitrogen and oxygen atoms in total. The van der Waals surface area contributed by atoms with Gasteiger partial charge in [-0.3, -0.25) is 0 Å². The smallest absolute Gasteiger partial charge is 0.119 e. The minimum Gasteiger partial charge on any atom is -0.497 e. The Hall–Kier alpha value is -3.36. The largest absolute Gasteiger partial charge is 0.497 e. The summed E-state index contributed by atoms with van der Waals surface area (Å²) >= 11 is 0. The summed E-state index contributed by atoms with van der Waals surface area (Å²) in [5.41, 5.74) is 2.08. The van der Waals surface area contributed by atoms with E-state index in [1.807, 2.05) is 84.9 Å². The monoisotopic (exact) mass is 362 g/mol. The molecule has 3 aromatic rings. The normalized spacial score (nSPS) is 8.59. The zero-order valence-electron chi connectivity index (χ0n) is 16.3. The topological polar surface area (TPSA) is 43.2 Å². The molecule has 3 aromatic carbocycles. The number of hydrogen-bond donors (Lipinski definition) is 0.